The second kappa shape index (κ2) is 18.9. The van der Waals surface area contributed by atoms with Gasteiger partial charge < -0.3 is 33.9 Å². The van der Waals surface area contributed by atoms with Crippen LogP contribution in [-0.4, -0.2) is 75.0 Å². The number of ether oxygens (including phenoxy) is 2. The molecule has 268 valence electrons. The first-order valence-corrected chi connectivity index (χ1v) is 19.1. The number of aryl methyl sites for hydroxylation is 2. The average Bonchev–Trinajstić information content (AvgIpc) is 3.91. The lowest BCUT2D eigenvalue weighted by molar-refractivity contribution is 0.0507. The van der Waals surface area contributed by atoms with Crippen molar-refractivity contribution in [2.45, 2.75) is 105 Å². The van der Waals surface area contributed by atoms with Gasteiger partial charge in [-0.3, -0.25) is 0 Å². The fourth-order valence-electron chi connectivity index (χ4n) is 5.93. The molecule has 0 radical (unpaired) electrons. The van der Waals surface area contributed by atoms with E-state index in [0.29, 0.717) is 43.2 Å². The third kappa shape index (κ3) is 10.9. The van der Waals surface area contributed by atoms with E-state index >= 15 is 0 Å². The van der Waals surface area contributed by atoms with Crippen molar-refractivity contribution in [2.24, 2.45) is 0 Å². The minimum atomic E-state index is -0.291. The molecular weight excluding hydrogens is 661 g/mol. The SMILES string of the molecule is CC1CCCCN1c1nc(CO)cs1.CCOC(=O)c1cc(C)c[nH]1.CCOC(=O)c1cc(C)cn1Cc1csc(N2CCCCC2C)n1. The van der Waals surface area contributed by atoms with Crippen LogP contribution in [0, 0.1) is 13.8 Å². The molecule has 2 unspecified atom stereocenters. The number of hydrogen-bond donors (Lipinski definition) is 2. The fourth-order valence-corrected chi connectivity index (χ4v) is 7.82. The normalized spacial score (nSPS) is 17.4. The first-order valence-electron chi connectivity index (χ1n) is 17.3. The van der Waals surface area contributed by atoms with E-state index in [-0.39, 0.29) is 18.5 Å². The van der Waals surface area contributed by atoms with E-state index in [4.69, 9.17) is 19.6 Å². The summed E-state index contributed by atoms with van der Waals surface area (Å²) < 4.78 is 11.9. The van der Waals surface area contributed by atoms with E-state index in [2.05, 4.69) is 39.0 Å². The van der Waals surface area contributed by atoms with Crippen molar-refractivity contribution in [2.75, 3.05) is 36.1 Å². The zero-order chi connectivity index (χ0) is 35.3. The van der Waals surface area contributed by atoms with Crippen LogP contribution in [0.2, 0.25) is 0 Å². The highest BCUT2D eigenvalue weighted by atomic mass is 32.1. The van der Waals surface area contributed by atoms with E-state index in [1.165, 1.54) is 38.5 Å². The number of anilines is 2. The van der Waals surface area contributed by atoms with Gasteiger partial charge in [0.1, 0.15) is 11.4 Å². The summed E-state index contributed by atoms with van der Waals surface area (Å²) in [4.78, 5) is 39.9. The monoisotopic (exact) mass is 712 g/mol. The summed E-state index contributed by atoms with van der Waals surface area (Å²) in [5.74, 6) is -0.564. The predicted octanol–water partition coefficient (Wildman–Crippen LogP) is 7.37. The molecule has 0 bridgehead atoms. The van der Waals surface area contributed by atoms with Gasteiger partial charge in [-0.2, -0.15) is 0 Å². The van der Waals surface area contributed by atoms with Crippen molar-refractivity contribution in [3.63, 3.8) is 0 Å². The number of thiazole rings is 2. The molecule has 4 aromatic rings. The van der Waals surface area contributed by atoms with Crippen molar-refractivity contribution < 1.29 is 24.2 Å². The molecule has 0 saturated carbocycles. The molecule has 6 rings (SSSR count). The van der Waals surface area contributed by atoms with Crippen LogP contribution in [0.15, 0.2) is 35.3 Å². The number of carbonyl (C=O) groups excluding carboxylic acids is 2. The Kier molecular flexibility index (Phi) is 14.7. The van der Waals surface area contributed by atoms with Gasteiger partial charge in [-0.1, -0.05) is 0 Å². The highest BCUT2D eigenvalue weighted by Gasteiger charge is 2.22. The number of aromatic amines is 1. The lowest BCUT2D eigenvalue weighted by Crippen LogP contribution is -2.37. The number of carbonyl (C=O) groups is 2. The smallest absolute Gasteiger partial charge is 0.354 e. The summed E-state index contributed by atoms with van der Waals surface area (Å²) in [7, 11) is 0. The molecule has 0 spiro atoms. The molecule has 2 saturated heterocycles. The highest BCUT2D eigenvalue weighted by molar-refractivity contribution is 7.14. The van der Waals surface area contributed by atoms with Crippen LogP contribution in [0.5, 0.6) is 0 Å². The Morgan fingerprint density at radius 2 is 1.43 bits per heavy atom. The number of aliphatic hydroxyl groups excluding tert-OH is 1. The zero-order valence-electron chi connectivity index (χ0n) is 29.7. The number of aromatic nitrogens is 4. The Hall–Kier alpha value is -3.68. The number of rotatable bonds is 9. The lowest BCUT2D eigenvalue weighted by atomic mass is 10.1. The van der Waals surface area contributed by atoms with E-state index in [9.17, 15) is 9.59 Å². The number of nitrogens with one attached hydrogen (secondary N) is 1. The second-order valence-electron chi connectivity index (χ2n) is 12.5. The second-order valence-corrected chi connectivity index (χ2v) is 14.2. The standard InChI is InChI=1S/C18H25N3O2S.C10H16N2OS.C8H11NO2/c1-4-23-17(22)16-9-13(2)10-20(16)11-15-12-24-18(19-15)21-8-6-5-7-14(21)3;1-8-4-2-3-5-12(8)10-11-9(6-13)7-14-10;1-3-11-8(10)7-4-6(2)5-9-7/h9-10,12,14H,4-8,11H2,1-3H3;7-8,13H,2-6H2,1H3;4-5,9H,3H2,1-2H3. The zero-order valence-corrected chi connectivity index (χ0v) is 31.4. The molecule has 2 atom stereocenters. The average molecular weight is 713 g/mol. The van der Waals surface area contributed by atoms with Crippen LogP contribution in [-0.2, 0) is 22.6 Å². The van der Waals surface area contributed by atoms with Crippen molar-refractivity contribution in [3.05, 3.63) is 69.2 Å². The first kappa shape index (κ1) is 38.1. The minimum absolute atomic E-state index is 0.0543. The summed E-state index contributed by atoms with van der Waals surface area (Å²) in [5, 5.41) is 15.1. The molecule has 0 aliphatic carbocycles. The van der Waals surface area contributed by atoms with E-state index in [1.807, 2.05) is 43.0 Å². The maximum Gasteiger partial charge on any atom is 0.354 e. The fraction of sp³-hybridized carbons (Fsp3) is 0.556. The molecule has 2 aliphatic rings. The molecule has 2 N–H and O–H groups in total. The van der Waals surface area contributed by atoms with Crippen LogP contribution in [0.4, 0.5) is 10.3 Å². The molecule has 4 aromatic heterocycles. The van der Waals surface area contributed by atoms with Crippen LogP contribution < -0.4 is 9.80 Å². The number of piperidine rings is 2. The Labute approximate surface area is 298 Å². The predicted molar refractivity (Wildman–Crippen MR) is 197 cm³/mol. The van der Waals surface area contributed by atoms with Crippen molar-refractivity contribution in [1.29, 1.82) is 0 Å². The van der Waals surface area contributed by atoms with Crippen LogP contribution >= 0.6 is 22.7 Å². The summed E-state index contributed by atoms with van der Waals surface area (Å²) >= 11 is 3.33. The number of nitrogens with zero attached hydrogens (tertiary/aromatic N) is 5. The van der Waals surface area contributed by atoms with Crippen LogP contribution in [0.3, 0.4) is 0 Å². The molecule has 6 heterocycles. The minimum Gasteiger partial charge on any atom is -0.461 e. The summed E-state index contributed by atoms with van der Waals surface area (Å²) in [6, 6.07) is 4.79. The topological polar surface area (TPSA) is 126 Å². The molecule has 11 nitrogen and oxygen atoms in total. The van der Waals surface area contributed by atoms with Gasteiger partial charge in [0.2, 0.25) is 0 Å². The molecule has 0 amide bonds. The number of hydrogen-bond acceptors (Lipinski definition) is 11. The molecule has 2 aliphatic heterocycles. The van der Waals surface area contributed by atoms with Crippen LogP contribution in [0.1, 0.15) is 110 Å². The summed E-state index contributed by atoms with van der Waals surface area (Å²) in [6.07, 6.45) is 11.4. The Bertz CT molecular complexity index is 1610. The van der Waals surface area contributed by atoms with E-state index in [0.717, 1.165) is 45.9 Å². The maximum atomic E-state index is 12.1. The molecule has 13 heteroatoms. The van der Waals surface area contributed by atoms with Crippen molar-refractivity contribution in [1.82, 2.24) is 19.5 Å². The van der Waals surface area contributed by atoms with Gasteiger partial charge in [0.15, 0.2) is 10.3 Å². The van der Waals surface area contributed by atoms with Crippen LogP contribution in [0.25, 0.3) is 0 Å². The quantitative estimate of drug-likeness (QED) is 0.171. The Morgan fingerprint density at radius 3 is 1.94 bits per heavy atom. The number of aliphatic hydroxyl groups is 1. The summed E-state index contributed by atoms with van der Waals surface area (Å²) in [6.45, 7) is 15.7. The third-order valence-corrected chi connectivity index (χ3v) is 10.4. The molecular formula is C36H52N6O5S2. The number of H-pyrrole nitrogens is 1. The van der Waals surface area contributed by atoms with Gasteiger partial charge in [-0.05, 0) is 103 Å². The van der Waals surface area contributed by atoms with Gasteiger partial charge in [-0.25, -0.2) is 19.6 Å². The van der Waals surface area contributed by atoms with E-state index in [1.54, 1.807) is 41.9 Å². The first-order chi connectivity index (χ1) is 23.6. The summed E-state index contributed by atoms with van der Waals surface area (Å²) in [5.41, 5.74) is 4.99. The van der Waals surface area contributed by atoms with Gasteiger partial charge in [0.05, 0.1) is 37.8 Å². The third-order valence-electron chi connectivity index (χ3n) is 8.51. The largest absolute Gasteiger partial charge is 0.461 e. The van der Waals surface area contributed by atoms with Gasteiger partial charge >= 0.3 is 11.9 Å². The van der Waals surface area contributed by atoms with E-state index < -0.39 is 0 Å². The molecule has 0 aromatic carbocycles. The van der Waals surface area contributed by atoms with Crippen molar-refractivity contribution >= 4 is 44.9 Å². The highest BCUT2D eigenvalue weighted by Crippen LogP contribution is 2.29. The Balaban J connectivity index is 0.000000183. The van der Waals surface area contributed by atoms with Gasteiger partial charge in [0, 0.05) is 48.3 Å². The molecule has 2 fully saturated rings. The van der Waals surface area contributed by atoms with Gasteiger partial charge in [0.25, 0.3) is 0 Å². The maximum absolute atomic E-state index is 12.1. The Morgan fingerprint density at radius 1 is 0.857 bits per heavy atom. The van der Waals surface area contributed by atoms with Gasteiger partial charge in [-0.15, -0.1) is 22.7 Å². The molecule has 49 heavy (non-hydrogen) atoms. The van der Waals surface area contributed by atoms with Crippen molar-refractivity contribution in [3.8, 4) is 0 Å². The number of esters is 2. The lowest BCUT2D eigenvalue weighted by Gasteiger charge is -2.33.